The molecule has 6 atom stereocenters. The highest BCUT2D eigenvalue weighted by molar-refractivity contribution is 6.03. The van der Waals surface area contributed by atoms with Crippen LogP contribution in [-0.2, 0) is 16.1 Å². The van der Waals surface area contributed by atoms with Gasteiger partial charge in [-0.2, -0.15) is 0 Å². The number of oxime groups is 1. The summed E-state index contributed by atoms with van der Waals surface area (Å²) in [5.74, 6) is 1.12. The van der Waals surface area contributed by atoms with Gasteiger partial charge < -0.3 is 49.0 Å². The Morgan fingerprint density at radius 3 is 2.52 bits per heavy atom. The molecule has 0 bridgehead atoms. The molecular formula is C44H59N3O9. The van der Waals surface area contributed by atoms with Crippen molar-refractivity contribution in [3.63, 3.8) is 0 Å². The summed E-state index contributed by atoms with van der Waals surface area (Å²) in [6.45, 7) is 13.9. The van der Waals surface area contributed by atoms with Gasteiger partial charge in [0.1, 0.15) is 30.8 Å². The molecule has 3 N–H and O–H groups in total. The van der Waals surface area contributed by atoms with E-state index in [-0.39, 0.29) is 56.9 Å². The van der Waals surface area contributed by atoms with E-state index in [4.69, 9.17) is 33.7 Å². The van der Waals surface area contributed by atoms with Crippen LogP contribution in [0.5, 0.6) is 23.0 Å². The maximum atomic E-state index is 14.6. The smallest absolute Gasteiger partial charge is 0.318 e. The maximum absolute atomic E-state index is 14.6. The van der Waals surface area contributed by atoms with Crippen LogP contribution in [0, 0.1) is 17.8 Å². The van der Waals surface area contributed by atoms with Gasteiger partial charge in [0.2, 0.25) is 12.6 Å². The first kappa shape index (κ1) is 41.1. The van der Waals surface area contributed by atoms with Gasteiger partial charge in [0, 0.05) is 44.2 Å². The number of nitrogens with zero attached hydrogens (tertiary/aromatic N) is 2. The molecule has 0 radical (unpaired) electrons. The molecule has 2 aromatic rings. The highest BCUT2D eigenvalue weighted by Crippen LogP contribution is 2.62. The normalized spacial score (nSPS) is 25.0. The van der Waals surface area contributed by atoms with Crippen molar-refractivity contribution < 1.29 is 43.5 Å². The zero-order valence-electron chi connectivity index (χ0n) is 33.0. The van der Waals surface area contributed by atoms with E-state index in [1.165, 1.54) is 0 Å². The molecule has 56 heavy (non-hydrogen) atoms. The summed E-state index contributed by atoms with van der Waals surface area (Å²) in [7, 11) is 0. The topological polar surface area (TPSA) is 141 Å². The van der Waals surface area contributed by atoms with Crippen LogP contribution in [0.1, 0.15) is 82.3 Å². The van der Waals surface area contributed by atoms with E-state index in [0.717, 1.165) is 48.1 Å². The SMILES string of the molecule is C=CCOc1ccc2c(c1)C1C(CCCCO)C(CCCCO)C=C3C(=NOCC)CC(N(CCC)C(=O)NCc4ccc5c(c4)OCO5)C(OCC=C)(O2)C31. The van der Waals surface area contributed by atoms with Gasteiger partial charge >= 0.3 is 6.03 Å². The monoisotopic (exact) mass is 773 g/mol. The number of nitrogens with one attached hydrogen (secondary N) is 1. The van der Waals surface area contributed by atoms with Crippen LogP contribution in [-0.4, -0.2) is 85.1 Å². The average Bonchev–Trinajstić information content (AvgIpc) is 3.69. The number of benzene rings is 2. The molecule has 0 saturated heterocycles. The molecule has 0 spiro atoms. The second kappa shape index (κ2) is 19.6. The molecule has 0 aromatic heterocycles. The van der Waals surface area contributed by atoms with Crippen molar-refractivity contribution in [1.29, 1.82) is 0 Å². The minimum absolute atomic E-state index is 0.114. The molecule has 1 saturated carbocycles. The van der Waals surface area contributed by atoms with Gasteiger partial charge in [-0.05, 0) is 92.3 Å². The number of hydrogen-bond donors (Lipinski definition) is 3. The molecule has 304 valence electrons. The fourth-order valence-corrected chi connectivity index (χ4v) is 9.01. The van der Waals surface area contributed by atoms with Crippen molar-refractivity contribution in [3.8, 4) is 23.0 Å². The number of carbonyl (C=O) groups is 1. The Bertz CT molecular complexity index is 1730. The van der Waals surface area contributed by atoms with Gasteiger partial charge in [-0.25, -0.2) is 4.79 Å². The van der Waals surface area contributed by atoms with E-state index in [1.807, 2.05) is 42.2 Å². The fraction of sp³-hybridized carbons (Fsp3) is 0.545. The third kappa shape index (κ3) is 8.72. The lowest BCUT2D eigenvalue weighted by Gasteiger charge is -2.60. The molecule has 2 aliphatic heterocycles. The van der Waals surface area contributed by atoms with Gasteiger partial charge in [-0.1, -0.05) is 55.8 Å². The summed E-state index contributed by atoms with van der Waals surface area (Å²) < 4.78 is 31.5. The van der Waals surface area contributed by atoms with Crippen molar-refractivity contribution in [3.05, 3.63) is 84.5 Å². The van der Waals surface area contributed by atoms with E-state index in [9.17, 15) is 15.0 Å². The summed E-state index contributed by atoms with van der Waals surface area (Å²) >= 11 is 0. The molecule has 2 heterocycles. The van der Waals surface area contributed by atoms with Gasteiger partial charge in [0.25, 0.3) is 0 Å². The number of amides is 2. The summed E-state index contributed by atoms with van der Waals surface area (Å²) in [6, 6.07) is 10.7. The molecule has 2 amide bonds. The number of unbranched alkanes of at least 4 members (excludes halogenated alkanes) is 2. The third-order valence-corrected chi connectivity index (χ3v) is 11.3. The van der Waals surface area contributed by atoms with Crippen LogP contribution in [0.4, 0.5) is 4.79 Å². The molecule has 2 aliphatic carbocycles. The summed E-state index contributed by atoms with van der Waals surface area (Å²) in [6.07, 6.45) is 11.6. The number of hydrogen-bond acceptors (Lipinski definition) is 10. The van der Waals surface area contributed by atoms with Crippen LogP contribution in [0.25, 0.3) is 0 Å². The molecule has 12 heteroatoms. The van der Waals surface area contributed by atoms with E-state index in [1.54, 1.807) is 12.2 Å². The molecule has 6 unspecified atom stereocenters. The molecule has 12 nitrogen and oxygen atoms in total. The Morgan fingerprint density at radius 2 is 1.77 bits per heavy atom. The van der Waals surface area contributed by atoms with E-state index in [0.29, 0.717) is 68.4 Å². The van der Waals surface area contributed by atoms with E-state index >= 15 is 0 Å². The van der Waals surface area contributed by atoms with Gasteiger partial charge in [-0.15, -0.1) is 6.58 Å². The molecule has 1 fully saturated rings. The van der Waals surface area contributed by atoms with Gasteiger partial charge in [-0.3, -0.25) is 0 Å². The first-order valence-corrected chi connectivity index (χ1v) is 20.3. The van der Waals surface area contributed by atoms with Crippen LogP contribution in [0.3, 0.4) is 0 Å². The third-order valence-electron chi connectivity index (χ3n) is 11.3. The van der Waals surface area contributed by atoms with Crippen molar-refractivity contribution in [2.45, 2.75) is 89.5 Å². The lowest BCUT2D eigenvalue weighted by molar-refractivity contribution is -0.254. The average molecular weight is 774 g/mol. The Kier molecular flexibility index (Phi) is 14.4. The Balaban J connectivity index is 1.50. The zero-order chi connectivity index (χ0) is 39.5. The zero-order valence-corrected chi connectivity index (χ0v) is 33.0. The van der Waals surface area contributed by atoms with E-state index in [2.05, 4.69) is 37.5 Å². The number of aliphatic hydroxyl groups excluding tert-OH is 2. The quantitative estimate of drug-likeness (QED) is 0.0680. The van der Waals surface area contributed by atoms with Crippen LogP contribution >= 0.6 is 0 Å². The van der Waals surface area contributed by atoms with Crippen LogP contribution < -0.4 is 24.3 Å². The molecule has 4 aliphatic rings. The fourth-order valence-electron chi connectivity index (χ4n) is 9.01. The Morgan fingerprint density at radius 1 is 1.00 bits per heavy atom. The highest BCUT2D eigenvalue weighted by Gasteiger charge is 2.65. The van der Waals surface area contributed by atoms with Gasteiger partial charge in [0.15, 0.2) is 11.5 Å². The number of carbonyl (C=O) groups excluding carboxylic acids is 1. The molecule has 6 rings (SSSR count). The number of ether oxygens (including phenoxy) is 5. The Labute approximate surface area is 331 Å². The second-order valence-corrected chi connectivity index (χ2v) is 14.8. The van der Waals surface area contributed by atoms with Crippen molar-refractivity contribution >= 4 is 11.7 Å². The maximum Gasteiger partial charge on any atom is 0.318 e. The number of aliphatic hydroxyl groups is 2. The lowest BCUT2D eigenvalue weighted by atomic mass is 9.55. The first-order valence-electron chi connectivity index (χ1n) is 20.3. The molecule has 2 aromatic carbocycles. The summed E-state index contributed by atoms with van der Waals surface area (Å²) in [5, 5.41) is 27.6. The highest BCUT2D eigenvalue weighted by atomic mass is 16.7. The van der Waals surface area contributed by atoms with Crippen molar-refractivity contribution in [2.75, 3.05) is 46.4 Å². The minimum atomic E-state index is -1.33. The predicted molar refractivity (Wildman–Crippen MR) is 214 cm³/mol. The van der Waals surface area contributed by atoms with Crippen molar-refractivity contribution in [2.24, 2.45) is 22.9 Å². The number of rotatable bonds is 21. The van der Waals surface area contributed by atoms with E-state index < -0.39 is 17.7 Å². The molecular weight excluding hydrogens is 714 g/mol. The lowest BCUT2D eigenvalue weighted by Crippen LogP contribution is -2.70. The first-order chi connectivity index (χ1) is 27.4. The van der Waals surface area contributed by atoms with Gasteiger partial charge in [0.05, 0.1) is 18.2 Å². The standard InChI is InChI=1S/C44H59N3O9/c1-5-19-47(43(50)45-28-30-15-17-38-39(24-30)53-29-52-38)40-27-36(46-55-8-4)34-25-31(13-9-11-20-48)33(14-10-12-21-49)41-35-26-32(51-22-6-2)16-18-37(35)56-44(40,42(34)41)54-23-7-3/h6-7,15-18,24-26,31,33,40-42,48-49H,2-3,5,8-14,19-23,27-29H2,1,4H3,(H,45,50). The predicted octanol–water partition coefficient (Wildman–Crippen LogP) is 7.26. The Hall–Kier alpha value is -4.52. The van der Waals surface area contributed by atoms with Crippen molar-refractivity contribution in [1.82, 2.24) is 10.2 Å². The summed E-state index contributed by atoms with van der Waals surface area (Å²) in [4.78, 5) is 22.3. The number of urea groups is 1. The number of fused-ring (bicyclic) bond motifs is 3. The second-order valence-electron chi connectivity index (χ2n) is 14.8. The number of allylic oxidation sites excluding steroid dienone is 1. The minimum Gasteiger partial charge on any atom is -0.490 e. The largest absolute Gasteiger partial charge is 0.490 e. The van der Waals surface area contributed by atoms with Crippen LogP contribution in [0.15, 0.2) is 78.5 Å². The summed E-state index contributed by atoms with van der Waals surface area (Å²) in [5.41, 5.74) is 3.65. The van der Waals surface area contributed by atoms with Crippen LogP contribution in [0.2, 0.25) is 0 Å².